The SMILES string of the molecule is COc1ccc(CN2CC(=O)NC(C)(C)C2=O)cn1. The van der Waals surface area contributed by atoms with Crippen molar-refractivity contribution in [3.05, 3.63) is 23.9 Å². The van der Waals surface area contributed by atoms with E-state index in [2.05, 4.69) is 10.3 Å². The Balaban J connectivity index is 2.12. The molecule has 1 aliphatic rings. The largest absolute Gasteiger partial charge is 0.481 e. The smallest absolute Gasteiger partial charge is 0.248 e. The molecule has 19 heavy (non-hydrogen) atoms. The van der Waals surface area contributed by atoms with Crippen LogP contribution in [0.5, 0.6) is 5.88 Å². The highest BCUT2D eigenvalue weighted by molar-refractivity contribution is 5.97. The summed E-state index contributed by atoms with van der Waals surface area (Å²) in [6.07, 6.45) is 1.64. The summed E-state index contributed by atoms with van der Waals surface area (Å²) in [5.74, 6) is 0.279. The Morgan fingerprint density at radius 1 is 1.42 bits per heavy atom. The molecule has 0 unspecified atom stereocenters. The van der Waals surface area contributed by atoms with Crippen molar-refractivity contribution in [2.75, 3.05) is 13.7 Å². The quantitative estimate of drug-likeness (QED) is 0.853. The number of amides is 2. The maximum Gasteiger partial charge on any atom is 0.248 e. The first-order chi connectivity index (χ1) is 8.92. The Bertz CT molecular complexity index is 496. The van der Waals surface area contributed by atoms with Crippen molar-refractivity contribution in [2.24, 2.45) is 0 Å². The lowest BCUT2D eigenvalue weighted by atomic mass is 10.00. The molecule has 2 rings (SSSR count). The van der Waals surface area contributed by atoms with Crippen LogP contribution in [0.4, 0.5) is 0 Å². The lowest BCUT2D eigenvalue weighted by Crippen LogP contribution is -2.63. The third-order valence-corrected chi connectivity index (χ3v) is 2.99. The van der Waals surface area contributed by atoms with E-state index < -0.39 is 5.54 Å². The topological polar surface area (TPSA) is 71.5 Å². The van der Waals surface area contributed by atoms with Gasteiger partial charge in [0.1, 0.15) is 5.54 Å². The van der Waals surface area contributed by atoms with Crippen molar-refractivity contribution >= 4 is 11.8 Å². The van der Waals surface area contributed by atoms with Gasteiger partial charge in [0.15, 0.2) is 0 Å². The van der Waals surface area contributed by atoms with Crippen LogP contribution < -0.4 is 10.1 Å². The number of nitrogens with one attached hydrogen (secondary N) is 1. The summed E-state index contributed by atoms with van der Waals surface area (Å²) >= 11 is 0. The number of aromatic nitrogens is 1. The molecule has 102 valence electrons. The zero-order valence-corrected chi connectivity index (χ0v) is 11.3. The number of nitrogens with zero attached hydrogens (tertiary/aromatic N) is 2. The summed E-state index contributed by atoms with van der Waals surface area (Å²) < 4.78 is 4.97. The van der Waals surface area contributed by atoms with Crippen LogP contribution in [0.15, 0.2) is 18.3 Å². The summed E-state index contributed by atoms with van der Waals surface area (Å²) in [7, 11) is 1.54. The fraction of sp³-hybridized carbons (Fsp3) is 0.462. The van der Waals surface area contributed by atoms with Crippen molar-refractivity contribution in [1.82, 2.24) is 15.2 Å². The van der Waals surface area contributed by atoms with Crippen molar-refractivity contribution in [3.8, 4) is 5.88 Å². The molecule has 0 saturated carbocycles. The molecule has 1 aliphatic heterocycles. The number of methoxy groups -OCH3 is 1. The highest BCUT2D eigenvalue weighted by Crippen LogP contribution is 2.16. The van der Waals surface area contributed by atoms with E-state index in [1.807, 2.05) is 6.07 Å². The van der Waals surface area contributed by atoms with E-state index >= 15 is 0 Å². The van der Waals surface area contributed by atoms with Crippen molar-refractivity contribution < 1.29 is 14.3 Å². The number of piperazine rings is 1. The van der Waals surface area contributed by atoms with Crippen LogP contribution in [-0.2, 0) is 16.1 Å². The first-order valence-electron chi connectivity index (χ1n) is 6.01. The van der Waals surface area contributed by atoms with Crippen LogP contribution in [0.25, 0.3) is 0 Å². The third-order valence-electron chi connectivity index (χ3n) is 2.99. The molecule has 0 bridgehead atoms. The number of carbonyl (C=O) groups is 2. The summed E-state index contributed by atoms with van der Waals surface area (Å²) in [6.45, 7) is 3.85. The molecule has 2 heterocycles. The molecular weight excluding hydrogens is 246 g/mol. The number of hydrogen-bond acceptors (Lipinski definition) is 4. The number of pyridine rings is 1. The molecule has 6 nitrogen and oxygen atoms in total. The van der Waals surface area contributed by atoms with Crippen molar-refractivity contribution in [3.63, 3.8) is 0 Å². The second-order valence-corrected chi connectivity index (χ2v) is 5.04. The van der Waals surface area contributed by atoms with Gasteiger partial charge in [-0.3, -0.25) is 9.59 Å². The molecule has 1 saturated heterocycles. The first kappa shape index (κ1) is 13.3. The van der Waals surface area contributed by atoms with E-state index in [0.29, 0.717) is 12.4 Å². The van der Waals surface area contributed by atoms with Crippen LogP contribution in [0.3, 0.4) is 0 Å². The first-order valence-corrected chi connectivity index (χ1v) is 6.01. The third kappa shape index (κ3) is 2.83. The van der Waals surface area contributed by atoms with Gasteiger partial charge in [0.05, 0.1) is 13.7 Å². The van der Waals surface area contributed by atoms with Gasteiger partial charge in [-0.2, -0.15) is 0 Å². The monoisotopic (exact) mass is 263 g/mol. The van der Waals surface area contributed by atoms with Crippen LogP contribution >= 0.6 is 0 Å². The minimum Gasteiger partial charge on any atom is -0.481 e. The Morgan fingerprint density at radius 3 is 2.74 bits per heavy atom. The Hall–Kier alpha value is -2.11. The van der Waals surface area contributed by atoms with Crippen LogP contribution in [-0.4, -0.2) is 40.9 Å². The average Bonchev–Trinajstić information content (AvgIpc) is 2.36. The van der Waals surface area contributed by atoms with E-state index in [0.717, 1.165) is 5.56 Å². The molecular formula is C13H17N3O3. The molecule has 1 aromatic heterocycles. The normalized spacial score (nSPS) is 18.2. The fourth-order valence-electron chi connectivity index (χ4n) is 2.06. The second-order valence-electron chi connectivity index (χ2n) is 5.04. The highest BCUT2D eigenvalue weighted by atomic mass is 16.5. The number of ether oxygens (including phenoxy) is 1. The van der Waals surface area contributed by atoms with Gasteiger partial charge < -0.3 is 15.0 Å². The summed E-state index contributed by atoms with van der Waals surface area (Å²) in [5.41, 5.74) is 0.00883. The van der Waals surface area contributed by atoms with Gasteiger partial charge in [0.25, 0.3) is 0 Å². The Morgan fingerprint density at radius 2 is 2.16 bits per heavy atom. The summed E-state index contributed by atoms with van der Waals surface area (Å²) in [4.78, 5) is 29.4. The standard InChI is InChI=1S/C13H17N3O3/c1-13(2)12(18)16(8-10(17)15-13)7-9-4-5-11(19-3)14-6-9/h4-6H,7-8H2,1-3H3,(H,15,17). The molecule has 6 heteroatoms. The predicted octanol–water partition coefficient (Wildman–Crippen LogP) is 0.327. The Labute approximate surface area is 111 Å². The minimum absolute atomic E-state index is 0.0777. The van der Waals surface area contributed by atoms with Gasteiger partial charge >= 0.3 is 0 Å². The van der Waals surface area contributed by atoms with Gasteiger partial charge in [0.2, 0.25) is 17.7 Å². The maximum atomic E-state index is 12.2. The van der Waals surface area contributed by atoms with Crippen molar-refractivity contribution in [2.45, 2.75) is 25.9 Å². The van der Waals surface area contributed by atoms with Gasteiger partial charge in [-0.15, -0.1) is 0 Å². The second kappa shape index (κ2) is 4.87. The van der Waals surface area contributed by atoms with Gasteiger partial charge in [-0.1, -0.05) is 6.07 Å². The zero-order chi connectivity index (χ0) is 14.0. The molecule has 2 amide bonds. The molecule has 1 N–H and O–H groups in total. The average molecular weight is 263 g/mol. The molecule has 0 aliphatic carbocycles. The lowest BCUT2D eigenvalue weighted by Gasteiger charge is -2.37. The minimum atomic E-state index is -0.852. The van der Waals surface area contributed by atoms with Gasteiger partial charge in [-0.25, -0.2) is 4.98 Å². The number of hydrogen-bond donors (Lipinski definition) is 1. The summed E-state index contributed by atoms with van der Waals surface area (Å²) in [6, 6.07) is 3.56. The molecule has 0 spiro atoms. The van der Waals surface area contributed by atoms with E-state index in [-0.39, 0.29) is 18.4 Å². The van der Waals surface area contributed by atoms with Crippen molar-refractivity contribution in [1.29, 1.82) is 0 Å². The van der Waals surface area contributed by atoms with E-state index in [9.17, 15) is 9.59 Å². The number of rotatable bonds is 3. The predicted molar refractivity (Wildman–Crippen MR) is 68.4 cm³/mol. The maximum absolute atomic E-state index is 12.2. The molecule has 1 aromatic rings. The zero-order valence-electron chi connectivity index (χ0n) is 11.3. The molecule has 0 aromatic carbocycles. The lowest BCUT2D eigenvalue weighted by molar-refractivity contribution is -0.148. The number of carbonyl (C=O) groups excluding carboxylic acids is 2. The van der Waals surface area contributed by atoms with Gasteiger partial charge in [0, 0.05) is 18.8 Å². The van der Waals surface area contributed by atoms with Crippen LogP contribution in [0.1, 0.15) is 19.4 Å². The van der Waals surface area contributed by atoms with E-state index in [1.165, 1.54) is 4.90 Å². The van der Waals surface area contributed by atoms with E-state index in [1.54, 1.807) is 33.2 Å². The van der Waals surface area contributed by atoms with Crippen LogP contribution in [0.2, 0.25) is 0 Å². The fourth-order valence-corrected chi connectivity index (χ4v) is 2.06. The molecule has 0 atom stereocenters. The Kier molecular flexibility index (Phi) is 3.42. The van der Waals surface area contributed by atoms with E-state index in [4.69, 9.17) is 4.74 Å². The highest BCUT2D eigenvalue weighted by Gasteiger charge is 2.38. The van der Waals surface area contributed by atoms with Gasteiger partial charge in [-0.05, 0) is 19.4 Å². The molecule has 1 fully saturated rings. The van der Waals surface area contributed by atoms with Crippen LogP contribution in [0, 0.1) is 0 Å². The summed E-state index contributed by atoms with van der Waals surface area (Å²) in [5, 5.41) is 2.67. The molecule has 0 radical (unpaired) electrons.